The fourth-order valence-electron chi connectivity index (χ4n) is 3.35. The highest BCUT2D eigenvalue weighted by molar-refractivity contribution is 5.31. The molecule has 0 spiro atoms. The Hall–Kier alpha value is -2.04. The van der Waals surface area contributed by atoms with Crippen LogP contribution in [0.1, 0.15) is 37.7 Å². The maximum absolute atomic E-state index is 10.1. The monoisotopic (exact) mass is 356 g/mol. The van der Waals surface area contributed by atoms with Crippen molar-refractivity contribution in [2.24, 2.45) is 0 Å². The molecule has 0 aromatic heterocycles. The quantitative estimate of drug-likeness (QED) is 0.726. The van der Waals surface area contributed by atoms with Gasteiger partial charge in [-0.05, 0) is 55.5 Å². The molecule has 0 radical (unpaired) electrons. The molecule has 4 nitrogen and oxygen atoms in total. The molecule has 0 bridgehead atoms. The minimum absolute atomic E-state index is 0.327. The molecule has 0 amide bonds. The van der Waals surface area contributed by atoms with Crippen molar-refractivity contribution < 1.29 is 19.9 Å². The van der Waals surface area contributed by atoms with E-state index in [1.165, 1.54) is 32.1 Å². The number of hydrogen-bond donors (Lipinski definition) is 2. The van der Waals surface area contributed by atoms with Gasteiger partial charge < -0.3 is 19.9 Å². The molecule has 1 atom stereocenters. The average molecular weight is 356 g/mol. The van der Waals surface area contributed by atoms with Gasteiger partial charge in [0.05, 0.1) is 6.04 Å². The van der Waals surface area contributed by atoms with Crippen molar-refractivity contribution in [1.82, 2.24) is 0 Å². The van der Waals surface area contributed by atoms with Crippen LogP contribution in [0.15, 0.2) is 54.6 Å². The van der Waals surface area contributed by atoms with Gasteiger partial charge in [0, 0.05) is 0 Å². The Labute approximate surface area is 156 Å². The van der Waals surface area contributed by atoms with E-state index in [4.69, 9.17) is 9.47 Å². The predicted octanol–water partition coefficient (Wildman–Crippen LogP) is 2.90. The molecular formula is C22H30NO3+. The second-order valence-corrected chi connectivity index (χ2v) is 7.08. The molecule has 2 aromatic rings. The summed E-state index contributed by atoms with van der Waals surface area (Å²) < 4.78 is 11.5. The molecule has 0 unspecified atom stereocenters. The van der Waals surface area contributed by atoms with Crippen LogP contribution in [-0.2, 0) is 6.61 Å². The summed E-state index contributed by atoms with van der Waals surface area (Å²) in [4.78, 5) is 0. The molecule has 0 aliphatic heterocycles. The van der Waals surface area contributed by atoms with Gasteiger partial charge in [0.1, 0.15) is 37.4 Å². The maximum atomic E-state index is 10.1. The fourth-order valence-corrected chi connectivity index (χ4v) is 3.35. The number of benzene rings is 2. The Morgan fingerprint density at radius 1 is 0.885 bits per heavy atom. The van der Waals surface area contributed by atoms with Crippen molar-refractivity contribution in [3.8, 4) is 11.5 Å². The summed E-state index contributed by atoms with van der Waals surface area (Å²) in [6.07, 6.45) is 6.13. The third-order valence-electron chi connectivity index (χ3n) is 4.91. The average Bonchev–Trinajstić information content (AvgIpc) is 2.71. The number of aliphatic hydroxyl groups excluding tert-OH is 1. The highest BCUT2D eigenvalue weighted by Gasteiger charge is 2.17. The normalized spacial score (nSPS) is 16.2. The van der Waals surface area contributed by atoms with Gasteiger partial charge in [-0.3, -0.25) is 0 Å². The van der Waals surface area contributed by atoms with Gasteiger partial charge in [0.15, 0.2) is 0 Å². The van der Waals surface area contributed by atoms with E-state index in [0.29, 0.717) is 25.8 Å². The molecule has 1 saturated carbocycles. The van der Waals surface area contributed by atoms with E-state index >= 15 is 0 Å². The van der Waals surface area contributed by atoms with Crippen LogP contribution in [0.3, 0.4) is 0 Å². The first-order chi connectivity index (χ1) is 12.8. The minimum atomic E-state index is -0.439. The third kappa shape index (κ3) is 6.36. The molecule has 0 heterocycles. The lowest BCUT2D eigenvalue weighted by molar-refractivity contribution is -0.697. The standard InChI is InChI=1S/C22H29NO3/c24-20(15-23-19-9-5-2-6-10-19)17-26-22-13-11-21(12-14-22)25-16-18-7-3-1-4-8-18/h1,3-4,7-8,11-14,19-20,23-24H,2,5-6,9-10,15-17H2/p+1/t20-/m1/s1. The lowest BCUT2D eigenvalue weighted by Gasteiger charge is -2.21. The van der Waals surface area contributed by atoms with Gasteiger partial charge in [0.2, 0.25) is 0 Å². The summed E-state index contributed by atoms with van der Waals surface area (Å²) >= 11 is 0. The van der Waals surface area contributed by atoms with Crippen LogP contribution >= 0.6 is 0 Å². The Kier molecular flexibility index (Phi) is 7.35. The van der Waals surface area contributed by atoms with Crippen LogP contribution in [0.4, 0.5) is 0 Å². The topological polar surface area (TPSA) is 55.3 Å². The van der Waals surface area contributed by atoms with Crippen LogP contribution in [0.25, 0.3) is 0 Å². The molecule has 140 valence electrons. The zero-order chi connectivity index (χ0) is 18.0. The van der Waals surface area contributed by atoms with E-state index in [9.17, 15) is 5.11 Å². The SMILES string of the molecule is O[C@H](C[NH2+]C1CCCCC1)COc1ccc(OCc2ccccc2)cc1. The second-order valence-electron chi connectivity index (χ2n) is 7.08. The van der Waals surface area contributed by atoms with Crippen LogP contribution in [-0.4, -0.2) is 30.4 Å². The second kappa shape index (κ2) is 10.2. The minimum Gasteiger partial charge on any atom is -0.491 e. The van der Waals surface area contributed by atoms with Crippen molar-refractivity contribution in [2.75, 3.05) is 13.2 Å². The Morgan fingerprint density at radius 2 is 1.54 bits per heavy atom. The molecule has 0 saturated heterocycles. The van der Waals surface area contributed by atoms with Crippen LogP contribution in [0.5, 0.6) is 11.5 Å². The van der Waals surface area contributed by atoms with Crippen molar-refractivity contribution in [2.45, 2.75) is 50.9 Å². The Bertz CT molecular complexity index is 624. The summed E-state index contributed by atoms with van der Waals surface area (Å²) in [6, 6.07) is 18.4. The third-order valence-corrected chi connectivity index (χ3v) is 4.91. The highest BCUT2D eigenvalue weighted by Crippen LogP contribution is 2.19. The molecular weight excluding hydrogens is 326 g/mol. The van der Waals surface area contributed by atoms with Crippen molar-refractivity contribution >= 4 is 0 Å². The van der Waals surface area contributed by atoms with Gasteiger partial charge >= 0.3 is 0 Å². The molecule has 1 fully saturated rings. The predicted molar refractivity (Wildman–Crippen MR) is 102 cm³/mol. The number of rotatable bonds is 9. The number of aliphatic hydroxyl groups is 1. The zero-order valence-corrected chi connectivity index (χ0v) is 15.3. The van der Waals surface area contributed by atoms with E-state index in [1.54, 1.807) is 0 Å². The van der Waals surface area contributed by atoms with E-state index in [1.807, 2.05) is 54.6 Å². The van der Waals surface area contributed by atoms with Crippen molar-refractivity contribution in [3.05, 3.63) is 60.2 Å². The first kappa shape index (κ1) is 18.7. The lowest BCUT2D eigenvalue weighted by atomic mass is 9.95. The fraction of sp³-hybridized carbons (Fsp3) is 0.455. The van der Waals surface area contributed by atoms with Crippen LogP contribution < -0.4 is 14.8 Å². The Balaban J connectivity index is 1.35. The first-order valence-electron chi connectivity index (χ1n) is 9.70. The molecule has 1 aliphatic rings. The molecule has 3 rings (SSSR count). The largest absolute Gasteiger partial charge is 0.491 e. The maximum Gasteiger partial charge on any atom is 0.137 e. The Morgan fingerprint density at radius 3 is 2.23 bits per heavy atom. The van der Waals surface area contributed by atoms with E-state index in [2.05, 4.69) is 5.32 Å². The summed E-state index contributed by atoms with van der Waals surface area (Å²) in [6.45, 7) is 1.59. The van der Waals surface area contributed by atoms with Gasteiger partial charge in [0.25, 0.3) is 0 Å². The van der Waals surface area contributed by atoms with Crippen LogP contribution in [0, 0.1) is 0 Å². The summed E-state index contributed by atoms with van der Waals surface area (Å²) in [5, 5.41) is 12.4. The van der Waals surface area contributed by atoms with Gasteiger partial charge in [-0.2, -0.15) is 0 Å². The van der Waals surface area contributed by atoms with E-state index in [0.717, 1.165) is 17.1 Å². The van der Waals surface area contributed by atoms with Crippen molar-refractivity contribution in [1.29, 1.82) is 0 Å². The van der Waals surface area contributed by atoms with E-state index < -0.39 is 6.10 Å². The summed E-state index contributed by atoms with van der Waals surface area (Å²) in [5.41, 5.74) is 1.14. The smallest absolute Gasteiger partial charge is 0.137 e. The number of nitrogens with two attached hydrogens (primary N) is 1. The molecule has 26 heavy (non-hydrogen) atoms. The highest BCUT2D eigenvalue weighted by atomic mass is 16.5. The number of hydrogen-bond acceptors (Lipinski definition) is 3. The zero-order valence-electron chi connectivity index (χ0n) is 15.3. The molecule has 3 N–H and O–H groups in total. The summed E-state index contributed by atoms with van der Waals surface area (Å²) in [5.74, 6) is 1.57. The van der Waals surface area contributed by atoms with Gasteiger partial charge in [-0.15, -0.1) is 0 Å². The van der Waals surface area contributed by atoms with Crippen LogP contribution in [0.2, 0.25) is 0 Å². The number of quaternary nitrogens is 1. The molecule has 4 heteroatoms. The summed E-state index contributed by atoms with van der Waals surface area (Å²) in [7, 11) is 0. The lowest BCUT2D eigenvalue weighted by Crippen LogP contribution is -2.92. The molecule has 1 aliphatic carbocycles. The molecule has 2 aromatic carbocycles. The van der Waals surface area contributed by atoms with Gasteiger partial charge in [-0.1, -0.05) is 36.8 Å². The van der Waals surface area contributed by atoms with Crippen molar-refractivity contribution in [3.63, 3.8) is 0 Å². The first-order valence-corrected chi connectivity index (χ1v) is 9.70. The van der Waals surface area contributed by atoms with E-state index in [-0.39, 0.29) is 0 Å². The van der Waals surface area contributed by atoms with Gasteiger partial charge in [-0.25, -0.2) is 0 Å². The number of ether oxygens (including phenoxy) is 2.